The Morgan fingerprint density at radius 1 is 0.977 bits per heavy atom. The molecule has 2 heterocycles. The van der Waals surface area contributed by atoms with Crippen molar-refractivity contribution in [2.24, 2.45) is 11.8 Å². The summed E-state index contributed by atoms with van der Waals surface area (Å²) in [7, 11) is 4.01. The predicted molar refractivity (Wildman–Crippen MR) is 175 cm³/mol. The fourth-order valence-corrected chi connectivity index (χ4v) is 6.26. The topological polar surface area (TPSA) is 77.5 Å². The molecule has 0 aliphatic carbocycles. The Hall–Kier alpha value is -3.59. The molecule has 1 fully saturated rings. The van der Waals surface area contributed by atoms with Crippen LogP contribution in [-0.2, 0) is 6.54 Å². The van der Waals surface area contributed by atoms with E-state index in [4.69, 9.17) is 9.47 Å². The lowest BCUT2D eigenvalue weighted by Crippen LogP contribution is -2.49. The lowest BCUT2D eigenvalue weighted by atomic mass is 9.95. The molecule has 1 saturated heterocycles. The summed E-state index contributed by atoms with van der Waals surface area (Å²) >= 11 is 0. The molecule has 2 aliphatic heterocycles. The first-order valence-electron chi connectivity index (χ1n) is 15.9. The van der Waals surface area contributed by atoms with E-state index in [-0.39, 0.29) is 29.9 Å². The second kappa shape index (κ2) is 14.5. The summed E-state index contributed by atoms with van der Waals surface area (Å²) in [6, 6.07) is 23.8. The third kappa shape index (κ3) is 7.54. The van der Waals surface area contributed by atoms with Crippen LogP contribution in [0.15, 0.2) is 72.8 Å². The number of ether oxygens (including phenoxy) is 2. The SMILES string of the molecule is CC(C)N1C[C@@H](C)[C@H](CN(C)Cc2ccc(Oc3ccccc3)cc2)Oc2c(cccc2N(C)C(O)C2CCNCC2)C1=O. The van der Waals surface area contributed by atoms with E-state index in [9.17, 15) is 9.90 Å². The molecule has 3 aromatic carbocycles. The van der Waals surface area contributed by atoms with Crippen molar-refractivity contribution >= 4 is 11.6 Å². The zero-order chi connectivity index (χ0) is 31.2. The molecule has 1 unspecified atom stereocenters. The molecular weight excluding hydrogens is 552 g/mol. The zero-order valence-corrected chi connectivity index (χ0v) is 26.8. The molecular formula is C36H48N4O4. The second-order valence-electron chi connectivity index (χ2n) is 12.7. The predicted octanol–water partition coefficient (Wildman–Crippen LogP) is 5.61. The maximum atomic E-state index is 13.9. The molecule has 3 atom stereocenters. The third-order valence-corrected chi connectivity index (χ3v) is 8.93. The first kappa shape index (κ1) is 31.8. The number of amides is 1. The highest BCUT2D eigenvalue weighted by molar-refractivity contribution is 5.99. The normalized spacial score (nSPS) is 20.1. The van der Waals surface area contributed by atoms with Gasteiger partial charge in [-0.05, 0) is 88.8 Å². The smallest absolute Gasteiger partial charge is 0.257 e. The number of rotatable bonds is 10. The Balaban J connectivity index is 1.35. The van der Waals surface area contributed by atoms with E-state index in [0.717, 1.165) is 49.7 Å². The summed E-state index contributed by atoms with van der Waals surface area (Å²) in [6.07, 6.45) is 0.983. The standard InChI is InChI=1S/C36H48N4O4/c1-25(2)40-22-26(3)33(24-38(4)23-27-14-16-30(17-15-27)43-29-10-7-6-8-11-29)44-34-31(36(40)42)12-9-13-32(34)39(5)35(41)28-18-20-37-21-19-28/h6-17,25-26,28,33,35,37,41H,18-24H2,1-5H3/t26-,33+,35?/m1/s1. The summed E-state index contributed by atoms with van der Waals surface area (Å²) in [4.78, 5) is 20.0. The number of aliphatic hydroxyl groups is 1. The molecule has 0 saturated carbocycles. The molecule has 5 rings (SSSR count). The maximum absolute atomic E-state index is 13.9. The largest absolute Gasteiger partial charge is 0.486 e. The average Bonchev–Trinajstić information content (AvgIpc) is 3.03. The Labute approximate surface area is 262 Å². The average molecular weight is 601 g/mol. The first-order valence-corrected chi connectivity index (χ1v) is 15.9. The molecule has 236 valence electrons. The minimum absolute atomic E-state index is 0.0296. The number of carbonyl (C=O) groups excluding carboxylic acids is 1. The van der Waals surface area contributed by atoms with Crippen LogP contribution in [0.3, 0.4) is 0 Å². The van der Waals surface area contributed by atoms with E-state index in [2.05, 4.69) is 50.2 Å². The Morgan fingerprint density at radius 2 is 1.66 bits per heavy atom. The summed E-state index contributed by atoms with van der Waals surface area (Å²) in [5.41, 5.74) is 2.48. The number of carbonyl (C=O) groups is 1. The number of hydrogen-bond acceptors (Lipinski definition) is 7. The van der Waals surface area contributed by atoms with Crippen molar-refractivity contribution in [3.8, 4) is 17.2 Å². The van der Waals surface area contributed by atoms with E-state index in [1.165, 1.54) is 5.56 Å². The van der Waals surface area contributed by atoms with Crippen LogP contribution in [0.4, 0.5) is 5.69 Å². The van der Waals surface area contributed by atoms with Crippen LogP contribution < -0.4 is 19.7 Å². The van der Waals surface area contributed by atoms with Crippen LogP contribution in [0.1, 0.15) is 49.5 Å². The number of fused-ring (bicyclic) bond motifs is 1. The molecule has 0 bridgehead atoms. The molecule has 2 aliphatic rings. The van der Waals surface area contributed by atoms with Gasteiger partial charge in [-0.1, -0.05) is 43.3 Å². The molecule has 44 heavy (non-hydrogen) atoms. The molecule has 1 amide bonds. The minimum Gasteiger partial charge on any atom is -0.486 e. The van der Waals surface area contributed by atoms with Crippen LogP contribution in [0.2, 0.25) is 0 Å². The van der Waals surface area contributed by atoms with Crippen LogP contribution in [0.25, 0.3) is 0 Å². The number of benzene rings is 3. The number of piperidine rings is 1. The van der Waals surface area contributed by atoms with Gasteiger partial charge < -0.3 is 29.7 Å². The summed E-state index contributed by atoms with van der Waals surface area (Å²) in [6.45, 7) is 10.1. The van der Waals surface area contributed by atoms with Gasteiger partial charge in [-0.2, -0.15) is 0 Å². The third-order valence-electron chi connectivity index (χ3n) is 8.93. The highest BCUT2D eigenvalue weighted by Crippen LogP contribution is 2.38. The van der Waals surface area contributed by atoms with E-state index < -0.39 is 6.23 Å². The monoisotopic (exact) mass is 600 g/mol. The van der Waals surface area contributed by atoms with Crippen molar-refractivity contribution < 1.29 is 19.4 Å². The number of likely N-dealkylation sites (N-methyl/N-ethyl adjacent to an activating group) is 1. The van der Waals surface area contributed by atoms with Gasteiger partial charge >= 0.3 is 0 Å². The van der Waals surface area contributed by atoms with Crippen molar-refractivity contribution in [1.29, 1.82) is 0 Å². The number of hydrogen-bond donors (Lipinski definition) is 2. The second-order valence-corrected chi connectivity index (χ2v) is 12.7. The van der Waals surface area contributed by atoms with Gasteiger partial charge in [0.15, 0.2) is 5.75 Å². The van der Waals surface area contributed by atoms with Crippen LogP contribution >= 0.6 is 0 Å². The van der Waals surface area contributed by atoms with Gasteiger partial charge in [-0.25, -0.2) is 0 Å². The molecule has 0 radical (unpaired) electrons. The fourth-order valence-electron chi connectivity index (χ4n) is 6.26. The van der Waals surface area contributed by atoms with Gasteiger partial charge in [0.2, 0.25) is 0 Å². The number of para-hydroxylation sites is 2. The van der Waals surface area contributed by atoms with Gasteiger partial charge in [-0.3, -0.25) is 9.69 Å². The molecule has 0 aromatic heterocycles. The van der Waals surface area contributed by atoms with Crippen LogP contribution in [0, 0.1) is 11.8 Å². The van der Waals surface area contributed by atoms with Crippen LogP contribution in [0.5, 0.6) is 17.2 Å². The van der Waals surface area contributed by atoms with Crippen molar-refractivity contribution in [3.05, 3.63) is 83.9 Å². The minimum atomic E-state index is -0.665. The lowest BCUT2D eigenvalue weighted by molar-refractivity contribution is 0.0425. The summed E-state index contributed by atoms with van der Waals surface area (Å²) in [5.74, 6) is 2.39. The van der Waals surface area contributed by atoms with Gasteiger partial charge in [-0.15, -0.1) is 0 Å². The first-order chi connectivity index (χ1) is 21.2. The van der Waals surface area contributed by atoms with Crippen molar-refractivity contribution in [2.75, 3.05) is 45.2 Å². The van der Waals surface area contributed by atoms with E-state index in [1.54, 1.807) is 0 Å². The molecule has 2 N–H and O–H groups in total. The Bertz CT molecular complexity index is 1360. The van der Waals surface area contributed by atoms with Gasteiger partial charge in [0.05, 0.1) is 11.3 Å². The van der Waals surface area contributed by atoms with Crippen molar-refractivity contribution in [1.82, 2.24) is 15.1 Å². The van der Waals surface area contributed by atoms with Crippen molar-refractivity contribution in [2.45, 2.75) is 58.5 Å². The van der Waals surface area contributed by atoms with Crippen LogP contribution in [-0.4, -0.2) is 79.5 Å². The molecule has 8 heteroatoms. The van der Waals surface area contributed by atoms with E-state index in [1.807, 2.05) is 77.5 Å². The Kier molecular flexibility index (Phi) is 10.5. The zero-order valence-electron chi connectivity index (χ0n) is 26.8. The summed E-state index contributed by atoms with van der Waals surface area (Å²) < 4.78 is 12.8. The quantitative estimate of drug-likeness (QED) is 0.293. The van der Waals surface area contributed by atoms with Gasteiger partial charge in [0.1, 0.15) is 23.8 Å². The molecule has 8 nitrogen and oxygen atoms in total. The number of aliphatic hydroxyl groups excluding tert-OH is 1. The van der Waals surface area contributed by atoms with E-state index in [0.29, 0.717) is 24.4 Å². The highest BCUT2D eigenvalue weighted by atomic mass is 16.5. The lowest BCUT2D eigenvalue weighted by Gasteiger charge is -2.40. The van der Waals surface area contributed by atoms with Gasteiger partial charge in [0.25, 0.3) is 5.91 Å². The summed E-state index contributed by atoms with van der Waals surface area (Å²) in [5, 5.41) is 14.8. The fraction of sp³-hybridized carbons (Fsp3) is 0.472. The number of nitrogens with one attached hydrogen (secondary N) is 1. The maximum Gasteiger partial charge on any atom is 0.257 e. The molecule has 0 spiro atoms. The number of nitrogens with zero attached hydrogens (tertiary/aromatic N) is 3. The van der Waals surface area contributed by atoms with Crippen molar-refractivity contribution in [3.63, 3.8) is 0 Å². The number of anilines is 1. The molecule has 3 aromatic rings. The Morgan fingerprint density at radius 3 is 2.34 bits per heavy atom. The van der Waals surface area contributed by atoms with E-state index >= 15 is 0 Å². The highest BCUT2D eigenvalue weighted by Gasteiger charge is 2.35. The van der Waals surface area contributed by atoms with Gasteiger partial charge in [0, 0.05) is 44.6 Å².